The maximum absolute atomic E-state index is 13.4. The highest BCUT2D eigenvalue weighted by atomic mass is 32.2. The molecule has 7 heteroatoms. The fraction of sp³-hybridized carbons (Fsp3) is 0.500. The van der Waals surface area contributed by atoms with Gasteiger partial charge >= 0.3 is 0 Å². The number of halogens is 1. The second-order valence-electron chi connectivity index (χ2n) is 4.62. The SMILES string of the molecule is CSCC(C)(O)CNS(=O)(=O)c1cccc(F)c1C. The van der Waals surface area contributed by atoms with E-state index in [2.05, 4.69) is 4.72 Å². The minimum absolute atomic E-state index is 0.0690. The van der Waals surface area contributed by atoms with Crippen molar-refractivity contribution in [3.8, 4) is 0 Å². The van der Waals surface area contributed by atoms with Gasteiger partial charge in [-0.1, -0.05) is 6.07 Å². The molecule has 0 fully saturated rings. The Morgan fingerprint density at radius 3 is 2.68 bits per heavy atom. The van der Waals surface area contributed by atoms with Gasteiger partial charge in [0.05, 0.1) is 10.5 Å². The molecule has 0 aromatic heterocycles. The smallest absolute Gasteiger partial charge is 0.241 e. The Balaban J connectivity index is 2.91. The quantitative estimate of drug-likeness (QED) is 0.836. The number of hydrogen-bond donors (Lipinski definition) is 2. The summed E-state index contributed by atoms with van der Waals surface area (Å²) < 4.78 is 39.8. The molecule has 1 rings (SSSR count). The number of benzene rings is 1. The lowest BCUT2D eigenvalue weighted by Crippen LogP contribution is -2.42. The van der Waals surface area contributed by atoms with Crippen molar-refractivity contribution in [1.29, 1.82) is 0 Å². The highest BCUT2D eigenvalue weighted by Crippen LogP contribution is 2.18. The number of hydrogen-bond acceptors (Lipinski definition) is 4. The largest absolute Gasteiger partial charge is 0.388 e. The lowest BCUT2D eigenvalue weighted by molar-refractivity contribution is 0.0908. The molecule has 1 unspecified atom stereocenters. The Kier molecular flexibility index (Phi) is 5.37. The second kappa shape index (κ2) is 6.21. The predicted octanol–water partition coefficient (Wildman–Crippen LogP) is 1.53. The van der Waals surface area contributed by atoms with E-state index in [4.69, 9.17) is 0 Å². The highest BCUT2D eigenvalue weighted by molar-refractivity contribution is 7.98. The summed E-state index contributed by atoms with van der Waals surface area (Å²) >= 11 is 1.42. The Hall–Kier alpha value is -0.630. The minimum atomic E-state index is -3.82. The highest BCUT2D eigenvalue weighted by Gasteiger charge is 2.25. The van der Waals surface area contributed by atoms with Gasteiger partial charge in [-0.2, -0.15) is 11.8 Å². The monoisotopic (exact) mass is 307 g/mol. The Bertz CT molecular complexity index is 544. The van der Waals surface area contributed by atoms with Gasteiger partial charge in [0.1, 0.15) is 5.82 Å². The molecule has 0 heterocycles. The number of sulfonamides is 1. The zero-order valence-corrected chi connectivity index (χ0v) is 12.7. The van der Waals surface area contributed by atoms with Crippen LogP contribution in [0.15, 0.2) is 23.1 Å². The van der Waals surface area contributed by atoms with Gasteiger partial charge in [-0.05, 0) is 32.2 Å². The third-order valence-electron chi connectivity index (χ3n) is 2.61. The number of aliphatic hydroxyl groups is 1. The summed E-state index contributed by atoms with van der Waals surface area (Å²) in [5, 5.41) is 9.93. The van der Waals surface area contributed by atoms with Crippen LogP contribution in [0.25, 0.3) is 0 Å². The second-order valence-corrected chi connectivity index (χ2v) is 7.22. The molecule has 1 atom stereocenters. The summed E-state index contributed by atoms with van der Waals surface area (Å²) in [4.78, 5) is -0.104. The zero-order valence-electron chi connectivity index (χ0n) is 11.1. The first kappa shape index (κ1) is 16.4. The van der Waals surface area contributed by atoms with Crippen molar-refractivity contribution < 1.29 is 17.9 Å². The molecule has 4 nitrogen and oxygen atoms in total. The molecule has 0 radical (unpaired) electrons. The molecule has 19 heavy (non-hydrogen) atoms. The van der Waals surface area contributed by atoms with E-state index in [1.165, 1.54) is 36.9 Å². The molecule has 0 saturated carbocycles. The van der Waals surface area contributed by atoms with E-state index in [-0.39, 0.29) is 17.0 Å². The fourth-order valence-electron chi connectivity index (χ4n) is 1.57. The summed E-state index contributed by atoms with van der Waals surface area (Å²) in [6.45, 7) is 2.83. The van der Waals surface area contributed by atoms with Crippen LogP contribution in [0.5, 0.6) is 0 Å². The van der Waals surface area contributed by atoms with Crippen molar-refractivity contribution in [1.82, 2.24) is 4.72 Å². The summed E-state index contributed by atoms with van der Waals surface area (Å²) in [6.07, 6.45) is 1.82. The van der Waals surface area contributed by atoms with Gasteiger partial charge in [0.25, 0.3) is 0 Å². The van der Waals surface area contributed by atoms with Crippen LogP contribution in [0.4, 0.5) is 4.39 Å². The van der Waals surface area contributed by atoms with Crippen LogP contribution >= 0.6 is 11.8 Å². The Morgan fingerprint density at radius 1 is 1.47 bits per heavy atom. The van der Waals surface area contributed by atoms with Crippen molar-refractivity contribution in [2.75, 3.05) is 18.6 Å². The van der Waals surface area contributed by atoms with E-state index < -0.39 is 21.4 Å². The molecule has 2 N–H and O–H groups in total. The van der Waals surface area contributed by atoms with Gasteiger partial charge < -0.3 is 5.11 Å². The standard InChI is InChI=1S/C12H18FNO3S2/c1-9-10(13)5-4-6-11(9)19(16,17)14-7-12(2,15)8-18-3/h4-6,14-15H,7-8H2,1-3H3. The maximum Gasteiger partial charge on any atom is 0.241 e. The molecule has 1 aromatic carbocycles. The van der Waals surface area contributed by atoms with E-state index in [0.717, 1.165) is 0 Å². The van der Waals surface area contributed by atoms with Crippen LogP contribution in [-0.2, 0) is 10.0 Å². The third-order valence-corrected chi connectivity index (χ3v) is 5.06. The topological polar surface area (TPSA) is 66.4 Å². The molecule has 0 bridgehead atoms. The van der Waals surface area contributed by atoms with Crippen molar-refractivity contribution in [3.05, 3.63) is 29.6 Å². The van der Waals surface area contributed by atoms with Crippen LogP contribution < -0.4 is 4.72 Å². The molecule has 0 aliphatic carbocycles. The summed E-state index contributed by atoms with van der Waals surface area (Å²) in [5.41, 5.74) is -1.08. The van der Waals surface area contributed by atoms with Crippen LogP contribution in [0.1, 0.15) is 12.5 Å². The molecule has 0 spiro atoms. The summed E-state index contributed by atoms with van der Waals surface area (Å²) in [7, 11) is -3.82. The number of rotatable bonds is 6. The van der Waals surface area contributed by atoms with Gasteiger partial charge in [-0.25, -0.2) is 17.5 Å². The van der Waals surface area contributed by atoms with E-state index in [9.17, 15) is 17.9 Å². The molecule has 108 valence electrons. The van der Waals surface area contributed by atoms with Crippen LogP contribution in [0.3, 0.4) is 0 Å². The average Bonchev–Trinajstić information content (AvgIpc) is 2.30. The normalized spacial score (nSPS) is 15.2. The molecule has 1 aromatic rings. The Morgan fingerprint density at radius 2 is 2.11 bits per heavy atom. The summed E-state index contributed by atoms with van der Waals surface area (Å²) in [5.74, 6) is -0.170. The first-order valence-electron chi connectivity index (χ1n) is 5.66. The van der Waals surface area contributed by atoms with Crippen molar-refractivity contribution in [2.24, 2.45) is 0 Å². The first-order valence-corrected chi connectivity index (χ1v) is 8.53. The first-order chi connectivity index (χ1) is 8.69. The van der Waals surface area contributed by atoms with Crippen LogP contribution in [0, 0.1) is 12.7 Å². The molecule has 0 aliphatic rings. The molecular formula is C12H18FNO3S2. The van der Waals surface area contributed by atoms with Gasteiger partial charge in [-0.15, -0.1) is 0 Å². The van der Waals surface area contributed by atoms with E-state index in [1.807, 2.05) is 6.26 Å². The molecular weight excluding hydrogens is 289 g/mol. The van der Waals surface area contributed by atoms with Crippen LogP contribution in [0.2, 0.25) is 0 Å². The van der Waals surface area contributed by atoms with E-state index >= 15 is 0 Å². The molecule has 0 saturated heterocycles. The van der Waals surface area contributed by atoms with E-state index in [1.54, 1.807) is 6.92 Å². The van der Waals surface area contributed by atoms with Gasteiger partial charge in [0, 0.05) is 17.9 Å². The molecule has 0 amide bonds. The lowest BCUT2D eigenvalue weighted by atomic mass is 10.1. The summed E-state index contributed by atoms with van der Waals surface area (Å²) in [6, 6.07) is 3.89. The average molecular weight is 307 g/mol. The minimum Gasteiger partial charge on any atom is -0.388 e. The van der Waals surface area contributed by atoms with Gasteiger partial charge in [-0.3, -0.25) is 0 Å². The Labute approximate surface area is 117 Å². The molecule has 0 aliphatic heterocycles. The van der Waals surface area contributed by atoms with E-state index in [0.29, 0.717) is 5.75 Å². The van der Waals surface area contributed by atoms with Gasteiger partial charge in [0.15, 0.2) is 0 Å². The number of thioether (sulfide) groups is 1. The van der Waals surface area contributed by atoms with Crippen molar-refractivity contribution in [3.63, 3.8) is 0 Å². The van der Waals surface area contributed by atoms with Crippen molar-refractivity contribution in [2.45, 2.75) is 24.3 Å². The third kappa shape index (κ3) is 4.45. The van der Waals surface area contributed by atoms with Crippen LogP contribution in [-0.4, -0.2) is 37.7 Å². The lowest BCUT2D eigenvalue weighted by Gasteiger charge is -2.22. The van der Waals surface area contributed by atoms with Gasteiger partial charge in [0.2, 0.25) is 10.0 Å². The zero-order chi connectivity index (χ0) is 14.7. The fourth-order valence-corrected chi connectivity index (χ4v) is 3.71. The maximum atomic E-state index is 13.4. The number of nitrogens with one attached hydrogen (secondary N) is 1. The predicted molar refractivity (Wildman–Crippen MR) is 75.3 cm³/mol. The van der Waals surface area contributed by atoms with Crippen molar-refractivity contribution >= 4 is 21.8 Å².